The van der Waals surface area contributed by atoms with Crippen molar-refractivity contribution in [3.05, 3.63) is 120 Å². The van der Waals surface area contributed by atoms with Crippen molar-refractivity contribution in [3.8, 4) is 22.3 Å². The minimum absolute atomic E-state index is 0. The van der Waals surface area contributed by atoms with Crippen molar-refractivity contribution >= 4 is 40.0 Å². The summed E-state index contributed by atoms with van der Waals surface area (Å²) in [5, 5.41) is 9.12. The second-order valence-corrected chi connectivity index (χ2v) is 16.4. The first-order valence-corrected chi connectivity index (χ1v) is 18.6. The minimum atomic E-state index is -2.20. The van der Waals surface area contributed by atoms with E-state index in [2.05, 4.69) is 136 Å². The molecule has 208 valence electrons. The minimum Gasteiger partial charge on any atom is -0.158 e. The smallest absolute Gasteiger partial charge is 0.158 e. The Morgan fingerprint density at radius 3 is 1.28 bits per heavy atom. The van der Waals surface area contributed by atoms with Gasteiger partial charge in [-0.1, -0.05) is 137 Å². The molecule has 0 unspecified atom stereocenters. The normalized spacial score (nSPS) is 11.4. The molecule has 0 bridgehead atoms. The Bertz CT molecular complexity index is 1640. The van der Waals surface area contributed by atoms with Crippen LogP contribution in [0.25, 0.3) is 43.8 Å². The predicted molar refractivity (Wildman–Crippen MR) is 184 cm³/mol. The van der Waals surface area contributed by atoms with Gasteiger partial charge in [0, 0.05) is 8.07 Å². The van der Waals surface area contributed by atoms with E-state index in [0.717, 1.165) is 12.8 Å². The predicted octanol–water partition coefficient (Wildman–Crippen LogP) is 4.28. The van der Waals surface area contributed by atoms with Gasteiger partial charge in [-0.2, -0.15) is 10.4 Å². The van der Waals surface area contributed by atoms with Crippen LogP contribution in [-0.4, -0.2) is 8.07 Å². The maximum absolute atomic E-state index is 2.64. The van der Waals surface area contributed by atoms with E-state index < -0.39 is 8.07 Å². The summed E-state index contributed by atoms with van der Waals surface area (Å²) in [5.41, 5.74) is 8.57. The number of fused-ring (bicyclic) bond motifs is 2. The fourth-order valence-corrected chi connectivity index (χ4v) is 11.2. The first kappa shape index (κ1) is 33.4. The Balaban J connectivity index is 0.00000212. The third-order valence-electron chi connectivity index (χ3n) is 9.01. The Morgan fingerprint density at radius 1 is 0.512 bits per heavy atom. The molecule has 0 aliphatic rings. The van der Waals surface area contributed by atoms with Gasteiger partial charge in [-0.05, 0) is 24.0 Å². The molecule has 6 aromatic rings. The quantitative estimate of drug-likeness (QED) is 0.172. The van der Waals surface area contributed by atoms with E-state index in [-0.39, 0.29) is 37.7 Å². The maximum Gasteiger partial charge on any atom is 1.00 e. The van der Waals surface area contributed by atoms with Crippen LogP contribution >= 0.6 is 0 Å². The van der Waals surface area contributed by atoms with Crippen LogP contribution in [0.1, 0.15) is 50.7 Å². The van der Waals surface area contributed by atoms with Crippen molar-refractivity contribution in [3.63, 3.8) is 0 Å². The average molecular weight is 565 g/mol. The summed E-state index contributed by atoms with van der Waals surface area (Å²) in [6, 6.07) is 41.1. The van der Waals surface area contributed by atoms with Gasteiger partial charge < -0.3 is 0 Å². The van der Waals surface area contributed by atoms with Crippen molar-refractivity contribution in [2.24, 2.45) is 0 Å². The van der Waals surface area contributed by atoms with E-state index in [9.17, 15) is 0 Å². The van der Waals surface area contributed by atoms with E-state index in [1.807, 2.05) is 0 Å². The molecule has 0 fully saturated rings. The molecule has 0 N–H and O–H groups in total. The fourth-order valence-electron chi connectivity index (χ4n) is 7.18. The topological polar surface area (TPSA) is 0 Å². The van der Waals surface area contributed by atoms with Crippen molar-refractivity contribution in [1.82, 2.24) is 0 Å². The largest absolute Gasteiger partial charge is 1.00 e. The molecule has 0 aromatic heterocycles. The standard InChI is InChI=1S/C40H42Si.2Li/c1-5-7-17-33-27-31-23-15-25-35(29-19-11-9-12-20-29)37(31)39(33)41(3,4)40-34(18-8-6-2)28-32-24-16-26-36(38(32)40)30-21-13-10-14-22-30;;/h9-16,19-28H,5-8,17-18H2,1-4H3;;/q-2;2*+1. The molecule has 3 heteroatoms. The van der Waals surface area contributed by atoms with E-state index in [1.54, 1.807) is 21.5 Å². The van der Waals surface area contributed by atoms with Crippen molar-refractivity contribution < 1.29 is 37.7 Å². The number of hydrogen-bond acceptors (Lipinski definition) is 0. The van der Waals surface area contributed by atoms with Crippen LogP contribution < -0.4 is 48.1 Å². The van der Waals surface area contributed by atoms with E-state index in [0.29, 0.717) is 0 Å². The second kappa shape index (κ2) is 14.5. The van der Waals surface area contributed by atoms with Crippen LogP contribution in [0.3, 0.4) is 0 Å². The molecular weight excluding hydrogens is 522 g/mol. The first-order valence-electron chi connectivity index (χ1n) is 15.6. The average Bonchev–Trinajstić information content (AvgIpc) is 3.59. The molecule has 6 aromatic carbocycles. The van der Waals surface area contributed by atoms with Crippen LogP contribution in [-0.2, 0) is 12.8 Å². The van der Waals surface area contributed by atoms with Crippen LogP contribution in [0.15, 0.2) is 109 Å². The zero-order valence-electron chi connectivity index (χ0n) is 27.1. The third kappa shape index (κ3) is 6.36. The molecule has 0 nitrogen and oxygen atoms in total. The monoisotopic (exact) mass is 564 g/mol. The molecule has 0 saturated heterocycles. The molecule has 0 atom stereocenters. The van der Waals surface area contributed by atoms with E-state index in [4.69, 9.17) is 0 Å². The molecule has 0 heterocycles. The van der Waals surface area contributed by atoms with Gasteiger partial charge in [-0.3, -0.25) is 0 Å². The zero-order valence-corrected chi connectivity index (χ0v) is 28.1. The summed E-state index contributed by atoms with van der Waals surface area (Å²) in [5.74, 6) is 0. The van der Waals surface area contributed by atoms with Gasteiger partial charge in [-0.25, -0.2) is 0 Å². The van der Waals surface area contributed by atoms with Gasteiger partial charge in [-0.15, -0.1) is 69.1 Å². The SMILES string of the molecule is CCCCc1[cH-]c2cccc(-c3ccccc3)c2c1[Si](C)(C)c1c(CCCC)[cH-]c2cccc(-c3ccccc3)c12.[Li+].[Li+]. The van der Waals surface area contributed by atoms with Gasteiger partial charge in [0.15, 0.2) is 0 Å². The maximum atomic E-state index is 2.64. The number of benzene rings is 4. The Hall–Kier alpha value is -2.49. The second-order valence-electron chi connectivity index (χ2n) is 12.2. The van der Waals surface area contributed by atoms with Crippen molar-refractivity contribution in [2.45, 2.75) is 65.5 Å². The van der Waals surface area contributed by atoms with Crippen LogP contribution in [0.2, 0.25) is 13.1 Å². The zero-order chi connectivity index (χ0) is 28.4. The van der Waals surface area contributed by atoms with Crippen LogP contribution in [0, 0.1) is 0 Å². The van der Waals surface area contributed by atoms with Gasteiger partial charge in [0.1, 0.15) is 0 Å². The molecule has 0 aliphatic carbocycles. The molecule has 6 rings (SSSR count). The Kier molecular flexibility index (Phi) is 11.3. The number of hydrogen-bond donors (Lipinski definition) is 0. The van der Waals surface area contributed by atoms with E-state index >= 15 is 0 Å². The molecule has 0 saturated carbocycles. The first-order chi connectivity index (χ1) is 20.0. The number of rotatable bonds is 10. The fraction of sp³-hybridized carbons (Fsp3) is 0.250. The Labute approximate surface area is 284 Å². The van der Waals surface area contributed by atoms with Gasteiger partial charge in [0.2, 0.25) is 0 Å². The van der Waals surface area contributed by atoms with Gasteiger partial charge in [0.05, 0.1) is 0 Å². The van der Waals surface area contributed by atoms with E-state index in [1.165, 1.54) is 69.5 Å². The van der Waals surface area contributed by atoms with Crippen molar-refractivity contribution in [1.29, 1.82) is 0 Å². The molecule has 0 radical (unpaired) electrons. The van der Waals surface area contributed by atoms with Crippen LogP contribution in [0.4, 0.5) is 0 Å². The summed E-state index contributed by atoms with van der Waals surface area (Å²) in [4.78, 5) is 0. The number of unbranched alkanes of at least 4 members (excludes halogenated alkanes) is 2. The third-order valence-corrected chi connectivity index (χ3v) is 12.7. The summed E-state index contributed by atoms with van der Waals surface area (Å²) in [7, 11) is -2.20. The molecule has 0 amide bonds. The molecule has 43 heavy (non-hydrogen) atoms. The molecular formula is C40H42Li2Si. The summed E-state index contributed by atoms with van der Waals surface area (Å²) in [6.07, 6.45) is 7.20. The van der Waals surface area contributed by atoms with Gasteiger partial charge in [0.25, 0.3) is 0 Å². The summed E-state index contributed by atoms with van der Waals surface area (Å²) in [6.45, 7) is 9.93. The van der Waals surface area contributed by atoms with Crippen LogP contribution in [0.5, 0.6) is 0 Å². The Morgan fingerprint density at radius 2 is 0.907 bits per heavy atom. The molecule has 0 aliphatic heterocycles. The summed E-state index contributed by atoms with van der Waals surface area (Å²) < 4.78 is 0. The van der Waals surface area contributed by atoms with Gasteiger partial charge >= 0.3 is 37.7 Å². The number of aryl methyl sites for hydroxylation is 2. The van der Waals surface area contributed by atoms with Crippen molar-refractivity contribution in [2.75, 3.05) is 0 Å². The molecule has 0 spiro atoms. The summed E-state index contributed by atoms with van der Waals surface area (Å²) >= 11 is 0.